The third-order valence-corrected chi connectivity index (χ3v) is 7.24. The third-order valence-electron chi connectivity index (χ3n) is 5.99. The van der Waals surface area contributed by atoms with Gasteiger partial charge >= 0.3 is 5.97 Å². The van der Waals surface area contributed by atoms with Crippen molar-refractivity contribution in [2.24, 2.45) is 0 Å². The molecule has 1 unspecified atom stereocenters. The first kappa shape index (κ1) is 22.0. The van der Waals surface area contributed by atoms with Gasteiger partial charge in [-0.1, -0.05) is 78.9 Å². The van der Waals surface area contributed by atoms with E-state index in [1.807, 2.05) is 41.3 Å². The molecule has 168 valence electrons. The van der Waals surface area contributed by atoms with Gasteiger partial charge in [0, 0.05) is 4.90 Å². The largest absolute Gasteiger partial charge is 0.478 e. The average Bonchev–Trinajstić information content (AvgIpc) is 2.88. The number of hydrogen-bond donors (Lipinski definition) is 1. The fourth-order valence-electron chi connectivity index (χ4n) is 4.18. The summed E-state index contributed by atoms with van der Waals surface area (Å²) in [7, 11) is 0. The predicted molar refractivity (Wildman–Crippen MR) is 136 cm³/mol. The Hall–Kier alpha value is -3.83. The number of carbonyl (C=O) groups is 2. The molecular weight excluding hydrogens is 442 g/mol. The second-order valence-electron chi connectivity index (χ2n) is 8.27. The maximum atomic E-state index is 13.6. The molecule has 0 saturated carbocycles. The molecule has 4 aromatic rings. The van der Waals surface area contributed by atoms with Crippen LogP contribution in [0.5, 0.6) is 0 Å². The van der Waals surface area contributed by atoms with Crippen LogP contribution in [0.25, 0.3) is 11.1 Å². The molecule has 34 heavy (non-hydrogen) atoms. The van der Waals surface area contributed by atoms with Crippen LogP contribution in [-0.4, -0.2) is 22.2 Å². The number of hydrogen-bond acceptors (Lipinski definition) is 3. The molecule has 1 aliphatic heterocycles. The zero-order valence-corrected chi connectivity index (χ0v) is 19.2. The number of carbonyl (C=O) groups excluding carboxylic acids is 1. The summed E-state index contributed by atoms with van der Waals surface area (Å²) in [5.41, 5.74) is 5.51. The van der Waals surface area contributed by atoms with Crippen LogP contribution in [0.4, 0.5) is 5.69 Å². The lowest BCUT2D eigenvalue weighted by Crippen LogP contribution is -2.41. The Morgan fingerprint density at radius 2 is 1.38 bits per heavy atom. The molecule has 5 heteroatoms. The van der Waals surface area contributed by atoms with Gasteiger partial charge < -0.3 is 10.0 Å². The van der Waals surface area contributed by atoms with E-state index < -0.39 is 5.97 Å². The minimum atomic E-state index is -0.951. The molecule has 1 heterocycles. The molecular formula is C29H23NO3S. The molecule has 0 radical (unpaired) electrons. The zero-order chi connectivity index (χ0) is 23.5. The highest BCUT2D eigenvalue weighted by Gasteiger charge is 2.33. The molecule has 1 aliphatic rings. The predicted octanol–water partition coefficient (Wildman–Crippen LogP) is 6.30. The Bertz CT molecular complexity index is 1320. The minimum absolute atomic E-state index is 0.0677. The molecule has 1 N–H and O–H groups in total. The highest BCUT2D eigenvalue weighted by atomic mass is 32.2. The van der Waals surface area contributed by atoms with Crippen molar-refractivity contribution >= 4 is 29.3 Å². The number of amides is 1. The number of thioether (sulfide) groups is 1. The van der Waals surface area contributed by atoms with E-state index >= 15 is 0 Å². The highest BCUT2D eigenvalue weighted by Crippen LogP contribution is 2.41. The lowest BCUT2D eigenvalue weighted by molar-refractivity contribution is -0.118. The van der Waals surface area contributed by atoms with E-state index in [2.05, 4.69) is 42.5 Å². The second kappa shape index (κ2) is 9.57. The quantitative estimate of drug-likeness (QED) is 0.363. The number of benzene rings is 4. The van der Waals surface area contributed by atoms with Crippen LogP contribution >= 0.6 is 11.8 Å². The number of nitrogens with zero attached hydrogens (tertiary/aromatic N) is 1. The summed E-state index contributed by atoms with van der Waals surface area (Å²) in [5.74, 6) is -0.883. The summed E-state index contributed by atoms with van der Waals surface area (Å²) in [4.78, 5) is 27.7. The van der Waals surface area contributed by atoms with Gasteiger partial charge in [-0.3, -0.25) is 4.79 Å². The highest BCUT2D eigenvalue weighted by molar-refractivity contribution is 8.01. The van der Waals surface area contributed by atoms with Crippen LogP contribution in [-0.2, 0) is 17.8 Å². The van der Waals surface area contributed by atoms with E-state index in [4.69, 9.17) is 5.11 Å². The monoisotopic (exact) mass is 465 g/mol. The first-order chi connectivity index (χ1) is 16.6. The number of fused-ring (bicyclic) bond motifs is 1. The van der Waals surface area contributed by atoms with E-state index in [0.29, 0.717) is 13.0 Å². The van der Waals surface area contributed by atoms with E-state index in [1.165, 1.54) is 5.56 Å². The maximum Gasteiger partial charge on any atom is 0.335 e. The first-order valence-corrected chi connectivity index (χ1v) is 12.0. The molecule has 0 saturated heterocycles. The Labute approximate surface area is 202 Å². The standard InChI is InChI=1S/C29H23NO3S/c31-28-27(18-20-10-16-24(17-11-20)29(32)33)34-26-9-5-4-8-25(26)30(28)19-21-12-14-23(15-13-21)22-6-2-1-3-7-22/h1-17,27H,18-19H2,(H,32,33). The number of para-hydroxylation sites is 1. The normalized spacial score (nSPS) is 15.1. The van der Waals surface area contributed by atoms with Gasteiger partial charge in [0.2, 0.25) is 5.91 Å². The Kier molecular flexibility index (Phi) is 6.19. The van der Waals surface area contributed by atoms with E-state index in [1.54, 1.807) is 36.0 Å². The van der Waals surface area contributed by atoms with Gasteiger partial charge in [-0.15, -0.1) is 11.8 Å². The van der Waals surface area contributed by atoms with Crippen molar-refractivity contribution in [2.45, 2.75) is 23.1 Å². The van der Waals surface area contributed by atoms with Crippen LogP contribution in [0.2, 0.25) is 0 Å². The Balaban J connectivity index is 1.38. The van der Waals surface area contributed by atoms with Gasteiger partial charge in [0.1, 0.15) is 0 Å². The van der Waals surface area contributed by atoms with Crippen molar-refractivity contribution < 1.29 is 14.7 Å². The molecule has 0 spiro atoms. The summed E-state index contributed by atoms with van der Waals surface area (Å²) < 4.78 is 0. The summed E-state index contributed by atoms with van der Waals surface area (Å²) in [5, 5.41) is 8.87. The Morgan fingerprint density at radius 1 is 0.765 bits per heavy atom. The number of carboxylic acids is 1. The van der Waals surface area contributed by atoms with Gasteiger partial charge in [0.15, 0.2) is 0 Å². The molecule has 5 rings (SSSR count). The van der Waals surface area contributed by atoms with Crippen LogP contribution in [0.3, 0.4) is 0 Å². The van der Waals surface area contributed by atoms with Crippen molar-refractivity contribution in [3.63, 3.8) is 0 Å². The SMILES string of the molecule is O=C(O)c1ccc(CC2Sc3ccccc3N(Cc3ccc(-c4ccccc4)cc3)C2=O)cc1. The van der Waals surface area contributed by atoms with Crippen LogP contribution in [0.1, 0.15) is 21.5 Å². The number of carboxylic acid groups (broad SMARTS) is 1. The van der Waals surface area contributed by atoms with Crippen molar-refractivity contribution in [3.05, 3.63) is 120 Å². The lowest BCUT2D eigenvalue weighted by atomic mass is 10.0. The summed E-state index contributed by atoms with van der Waals surface area (Å²) in [6, 6.07) is 33.4. The topological polar surface area (TPSA) is 57.6 Å². The number of rotatable bonds is 6. The molecule has 0 aliphatic carbocycles. The lowest BCUT2D eigenvalue weighted by Gasteiger charge is -2.34. The summed E-state index contributed by atoms with van der Waals surface area (Å²) in [6.07, 6.45) is 0.543. The van der Waals surface area contributed by atoms with E-state index in [9.17, 15) is 9.59 Å². The van der Waals surface area contributed by atoms with Crippen molar-refractivity contribution in [1.29, 1.82) is 0 Å². The van der Waals surface area contributed by atoms with Crippen molar-refractivity contribution in [2.75, 3.05) is 4.90 Å². The first-order valence-electron chi connectivity index (χ1n) is 11.1. The van der Waals surface area contributed by atoms with E-state index in [-0.39, 0.29) is 16.7 Å². The summed E-state index contributed by atoms with van der Waals surface area (Å²) in [6.45, 7) is 0.500. The van der Waals surface area contributed by atoms with Gasteiger partial charge in [-0.05, 0) is 52.9 Å². The van der Waals surface area contributed by atoms with E-state index in [0.717, 1.165) is 27.3 Å². The fourth-order valence-corrected chi connectivity index (χ4v) is 5.45. The Morgan fingerprint density at radius 3 is 2.09 bits per heavy atom. The molecule has 0 aromatic heterocycles. The van der Waals surface area contributed by atoms with Crippen LogP contribution in [0.15, 0.2) is 108 Å². The third kappa shape index (κ3) is 4.61. The molecule has 1 atom stereocenters. The van der Waals surface area contributed by atoms with Crippen LogP contribution < -0.4 is 4.90 Å². The zero-order valence-electron chi connectivity index (χ0n) is 18.4. The molecule has 4 aromatic carbocycles. The number of aromatic carboxylic acids is 1. The fraction of sp³-hybridized carbons (Fsp3) is 0.103. The smallest absolute Gasteiger partial charge is 0.335 e. The molecule has 0 bridgehead atoms. The van der Waals surface area contributed by atoms with Gasteiger partial charge in [-0.2, -0.15) is 0 Å². The maximum absolute atomic E-state index is 13.6. The number of anilines is 1. The van der Waals surface area contributed by atoms with Crippen LogP contribution in [0, 0.1) is 0 Å². The van der Waals surface area contributed by atoms with Crippen molar-refractivity contribution in [3.8, 4) is 11.1 Å². The minimum Gasteiger partial charge on any atom is -0.478 e. The van der Waals surface area contributed by atoms with Gasteiger partial charge in [0.25, 0.3) is 0 Å². The second-order valence-corrected chi connectivity index (χ2v) is 9.51. The molecule has 0 fully saturated rings. The van der Waals surface area contributed by atoms with Gasteiger partial charge in [0.05, 0.1) is 23.0 Å². The summed E-state index contributed by atoms with van der Waals surface area (Å²) >= 11 is 1.58. The average molecular weight is 466 g/mol. The van der Waals surface area contributed by atoms with Crippen molar-refractivity contribution in [1.82, 2.24) is 0 Å². The van der Waals surface area contributed by atoms with Gasteiger partial charge in [-0.25, -0.2) is 4.79 Å². The molecule has 4 nitrogen and oxygen atoms in total. The molecule has 1 amide bonds.